The summed E-state index contributed by atoms with van der Waals surface area (Å²) >= 11 is 0. The molecule has 1 saturated heterocycles. The fourth-order valence-electron chi connectivity index (χ4n) is 5.93. The maximum atomic E-state index is 10.9. The third-order valence-electron chi connectivity index (χ3n) is 8.00. The van der Waals surface area contributed by atoms with Gasteiger partial charge in [-0.2, -0.15) is 0 Å². The van der Waals surface area contributed by atoms with E-state index in [1.54, 1.807) is 6.20 Å². The molecule has 2 aromatic carbocycles. The second-order valence-corrected chi connectivity index (χ2v) is 10.8. The van der Waals surface area contributed by atoms with Crippen molar-refractivity contribution in [2.45, 2.75) is 57.1 Å². The number of β-amino-alcohol motifs (C(OH)–C–C–N with tert-alkyl or cyclic N) is 1. The van der Waals surface area contributed by atoms with Gasteiger partial charge in [-0.05, 0) is 67.7 Å². The molecule has 0 bridgehead atoms. The molecular formula is C33H41N3O2. The Kier molecular flexibility index (Phi) is 9.11. The van der Waals surface area contributed by atoms with Crippen molar-refractivity contribution in [3.63, 3.8) is 0 Å². The lowest BCUT2D eigenvalue weighted by molar-refractivity contribution is 0.0511. The van der Waals surface area contributed by atoms with Crippen molar-refractivity contribution in [2.75, 3.05) is 37.7 Å². The highest BCUT2D eigenvalue weighted by Crippen LogP contribution is 2.38. The predicted molar refractivity (Wildman–Crippen MR) is 157 cm³/mol. The van der Waals surface area contributed by atoms with Crippen molar-refractivity contribution in [2.24, 2.45) is 0 Å². The van der Waals surface area contributed by atoms with Crippen LogP contribution in [0.1, 0.15) is 61.8 Å². The Morgan fingerprint density at radius 3 is 2.55 bits per heavy atom. The van der Waals surface area contributed by atoms with Gasteiger partial charge >= 0.3 is 0 Å². The molecule has 1 N–H and O–H groups in total. The lowest BCUT2D eigenvalue weighted by atomic mass is 9.83. The summed E-state index contributed by atoms with van der Waals surface area (Å²) in [5.74, 6) is 1.48. The number of ether oxygens (including phenoxy) is 1. The third kappa shape index (κ3) is 6.83. The predicted octanol–water partition coefficient (Wildman–Crippen LogP) is 6.25. The van der Waals surface area contributed by atoms with Gasteiger partial charge in [0, 0.05) is 49.7 Å². The standard InChI is InChI=1S/C33H41N3O2/c1-26-23-36(32-16-7-6-15-31(32)27-11-3-2-4-12-27)22-21-35(26)24-30(37)25-38-33-17-8-5-13-28(33)18-19-29-14-9-10-20-34-29/h5-10,13-20,26-27,30,37H,2-4,11-12,21-25H2,1H3. The average molecular weight is 512 g/mol. The Labute approximate surface area is 227 Å². The molecule has 1 aliphatic carbocycles. The topological polar surface area (TPSA) is 48.8 Å². The summed E-state index contributed by atoms with van der Waals surface area (Å²) in [7, 11) is 0. The number of pyridine rings is 1. The molecule has 5 heteroatoms. The van der Waals surface area contributed by atoms with Gasteiger partial charge in [-0.3, -0.25) is 9.88 Å². The molecule has 0 amide bonds. The second-order valence-electron chi connectivity index (χ2n) is 10.8. The first-order valence-electron chi connectivity index (χ1n) is 14.2. The van der Waals surface area contributed by atoms with E-state index in [2.05, 4.69) is 46.0 Å². The quantitative estimate of drug-likeness (QED) is 0.368. The summed E-state index contributed by atoms with van der Waals surface area (Å²) < 4.78 is 6.08. The zero-order valence-corrected chi connectivity index (χ0v) is 22.6. The number of hydrogen-bond donors (Lipinski definition) is 1. The number of anilines is 1. The first-order valence-corrected chi connectivity index (χ1v) is 14.2. The van der Waals surface area contributed by atoms with E-state index in [4.69, 9.17) is 4.74 Å². The average Bonchev–Trinajstić information content (AvgIpc) is 2.97. The number of rotatable bonds is 9. The molecule has 5 rings (SSSR count). The SMILES string of the molecule is CC1CN(c2ccccc2C2CCCCC2)CCN1CC(O)COc1ccccc1C=Cc1ccccn1. The van der Waals surface area contributed by atoms with Gasteiger partial charge in [0.05, 0.1) is 5.69 Å². The molecule has 200 valence electrons. The van der Waals surface area contributed by atoms with E-state index in [0.717, 1.165) is 36.6 Å². The van der Waals surface area contributed by atoms with Crippen molar-refractivity contribution in [3.8, 4) is 5.75 Å². The van der Waals surface area contributed by atoms with E-state index in [1.807, 2.05) is 54.6 Å². The van der Waals surface area contributed by atoms with Crippen LogP contribution in [0.5, 0.6) is 5.75 Å². The second kappa shape index (κ2) is 13.1. The van der Waals surface area contributed by atoms with Crippen molar-refractivity contribution in [1.29, 1.82) is 0 Å². The Morgan fingerprint density at radius 2 is 1.74 bits per heavy atom. The summed E-state index contributed by atoms with van der Waals surface area (Å²) in [4.78, 5) is 9.32. The van der Waals surface area contributed by atoms with Crippen LogP contribution < -0.4 is 9.64 Å². The molecule has 2 unspecified atom stereocenters. The minimum atomic E-state index is -0.550. The highest BCUT2D eigenvalue weighted by Gasteiger charge is 2.28. The molecule has 1 saturated carbocycles. The number of aliphatic hydroxyl groups excluding tert-OH is 1. The normalized spacial score (nSPS) is 20.1. The van der Waals surface area contributed by atoms with Crippen LogP contribution in [0.15, 0.2) is 72.9 Å². The molecule has 0 spiro atoms. The minimum absolute atomic E-state index is 0.270. The maximum Gasteiger partial charge on any atom is 0.126 e. The highest BCUT2D eigenvalue weighted by atomic mass is 16.5. The Morgan fingerprint density at radius 1 is 0.947 bits per heavy atom. The summed E-state index contributed by atoms with van der Waals surface area (Å²) in [6, 6.07) is 23.2. The van der Waals surface area contributed by atoms with Crippen molar-refractivity contribution in [3.05, 3.63) is 89.7 Å². The Bertz CT molecular complexity index is 1180. The van der Waals surface area contributed by atoms with Crippen LogP contribution in [0.3, 0.4) is 0 Å². The zero-order chi connectivity index (χ0) is 26.2. The van der Waals surface area contributed by atoms with E-state index < -0.39 is 6.10 Å². The highest BCUT2D eigenvalue weighted by molar-refractivity contribution is 5.71. The van der Waals surface area contributed by atoms with Gasteiger partial charge in [-0.25, -0.2) is 0 Å². The molecule has 5 nitrogen and oxygen atoms in total. The van der Waals surface area contributed by atoms with Gasteiger partial charge < -0.3 is 14.7 Å². The van der Waals surface area contributed by atoms with Gasteiger partial charge in [0.1, 0.15) is 18.5 Å². The molecule has 2 aliphatic rings. The fourth-order valence-corrected chi connectivity index (χ4v) is 5.93. The monoisotopic (exact) mass is 511 g/mol. The van der Waals surface area contributed by atoms with E-state index in [-0.39, 0.29) is 6.61 Å². The van der Waals surface area contributed by atoms with Gasteiger partial charge in [-0.1, -0.05) is 61.7 Å². The summed E-state index contributed by atoms with van der Waals surface area (Å²) in [6.45, 7) is 6.08. The largest absolute Gasteiger partial charge is 0.490 e. The number of piperazine rings is 1. The van der Waals surface area contributed by atoms with E-state index in [9.17, 15) is 5.11 Å². The molecule has 38 heavy (non-hydrogen) atoms. The summed E-state index contributed by atoms with van der Waals surface area (Å²) in [6.07, 6.45) is 12.0. The third-order valence-corrected chi connectivity index (χ3v) is 8.00. The van der Waals surface area contributed by atoms with Crippen LogP contribution >= 0.6 is 0 Å². The van der Waals surface area contributed by atoms with Crippen LogP contribution in [0.25, 0.3) is 12.2 Å². The first kappa shape index (κ1) is 26.5. The van der Waals surface area contributed by atoms with Crippen molar-refractivity contribution in [1.82, 2.24) is 9.88 Å². The Balaban J connectivity index is 1.15. The molecule has 1 aromatic heterocycles. The van der Waals surface area contributed by atoms with E-state index in [0.29, 0.717) is 18.5 Å². The van der Waals surface area contributed by atoms with Crippen LogP contribution in [-0.4, -0.2) is 59.9 Å². The molecule has 2 fully saturated rings. The number of nitrogens with zero attached hydrogens (tertiary/aromatic N) is 3. The summed E-state index contributed by atoms with van der Waals surface area (Å²) in [5, 5.41) is 10.9. The number of para-hydroxylation sites is 2. The summed E-state index contributed by atoms with van der Waals surface area (Å²) in [5.41, 5.74) is 4.84. The fraction of sp³-hybridized carbons (Fsp3) is 0.424. The zero-order valence-electron chi connectivity index (χ0n) is 22.6. The van der Waals surface area contributed by atoms with Crippen LogP contribution in [-0.2, 0) is 0 Å². The van der Waals surface area contributed by atoms with Crippen LogP contribution in [0, 0.1) is 0 Å². The first-order chi connectivity index (χ1) is 18.7. The van der Waals surface area contributed by atoms with Gasteiger partial charge in [0.2, 0.25) is 0 Å². The number of aliphatic hydroxyl groups is 1. The number of benzene rings is 2. The smallest absolute Gasteiger partial charge is 0.126 e. The lowest BCUT2D eigenvalue weighted by Crippen LogP contribution is -2.54. The van der Waals surface area contributed by atoms with Crippen LogP contribution in [0.2, 0.25) is 0 Å². The number of aromatic nitrogens is 1. The molecule has 0 radical (unpaired) electrons. The van der Waals surface area contributed by atoms with Crippen LogP contribution in [0.4, 0.5) is 5.69 Å². The maximum absolute atomic E-state index is 10.9. The van der Waals surface area contributed by atoms with Gasteiger partial charge in [-0.15, -0.1) is 0 Å². The molecular weight excluding hydrogens is 470 g/mol. The minimum Gasteiger partial charge on any atom is -0.490 e. The van der Waals surface area contributed by atoms with Gasteiger partial charge in [0.25, 0.3) is 0 Å². The lowest BCUT2D eigenvalue weighted by Gasteiger charge is -2.43. The molecule has 2 heterocycles. The van der Waals surface area contributed by atoms with Crippen molar-refractivity contribution >= 4 is 17.8 Å². The Hall–Kier alpha value is -3.15. The molecule has 1 aliphatic heterocycles. The van der Waals surface area contributed by atoms with E-state index >= 15 is 0 Å². The number of hydrogen-bond acceptors (Lipinski definition) is 5. The van der Waals surface area contributed by atoms with E-state index in [1.165, 1.54) is 43.4 Å². The molecule has 3 aromatic rings. The molecule has 2 atom stereocenters. The van der Waals surface area contributed by atoms with Gasteiger partial charge in [0.15, 0.2) is 0 Å². The van der Waals surface area contributed by atoms with Crippen molar-refractivity contribution < 1.29 is 9.84 Å².